The molecular formula is C15H13N3O2S2. The quantitative estimate of drug-likeness (QED) is 0.799. The number of nitrogens with one attached hydrogen (secondary N) is 1. The lowest BCUT2D eigenvalue weighted by Gasteiger charge is -2.04. The maximum absolute atomic E-state index is 12.0. The molecule has 0 spiro atoms. The predicted octanol–water partition coefficient (Wildman–Crippen LogP) is 2.98. The van der Waals surface area contributed by atoms with Gasteiger partial charge in [0.05, 0.1) is 5.69 Å². The number of nitrogens with zero attached hydrogens (tertiary/aromatic N) is 2. The molecule has 0 unspecified atom stereocenters. The normalized spacial score (nSPS) is 10.6. The number of amides is 1. The van der Waals surface area contributed by atoms with Crippen LogP contribution in [0.5, 0.6) is 0 Å². The van der Waals surface area contributed by atoms with E-state index in [4.69, 9.17) is 0 Å². The standard InChI is InChI=1S/C15H13N3O2S2/c1-10-8-22-15(20)18(10)7-13(19)17-14-16-12(9-21-14)11-5-3-2-4-6-11/h2-6,8-9H,7H2,1H3,(H,16,17,19). The molecule has 1 N–H and O–H groups in total. The van der Waals surface area contributed by atoms with Gasteiger partial charge in [-0.05, 0) is 6.92 Å². The van der Waals surface area contributed by atoms with E-state index in [0.717, 1.165) is 28.3 Å². The van der Waals surface area contributed by atoms with Crippen LogP contribution in [-0.4, -0.2) is 15.5 Å². The first-order chi connectivity index (χ1) is 10.6. The van der Waals surface area contributed by atoms with Gasteiger partial charge in [0.2, 0.25) is 5.91 Å². The number of thiazole rings is 2. The number of benzene rings is 1. The summed E-state index contributed by atoms with van der Waals surface area (Å²) in [7, 11) is 0. The van der Waals surface area contributed by atoms with Crippen LogP contribution >= 0.6 is 22.7 Å². The Morgan fingerprint density at radius 2 is 2.00 bits per heavy atom. The highest BCUT2D eigenvalue weighted by molar-refractivity contribution is 7.14. The van der Waals surface area contributed by atoms with Crippen LogP contribution in [0.25, 0.3) is 11.3 Å². The van der Waals surface area contributed by atoms with Gasteiger partial charge in [-0.3, -0.25) is 14.2 Å². The maximum atomic E-state index is 12.0. The molecule has 1 aromatic carbocycles. The van der Waals surface area contributed by atoms with Crippen molar-refractivity contribution in [2.24, 2.45) is 0 Å². The third-order valence-corrected chi connectivity index (χ3v) is 4.74. The molecule has 2 aromatic heterocycles. The molecule has 0 aliphatic heterocycles. The topological polar surface area (TPSA) is 64.0 Å². The van der Waals surface area contributed by atoms with Gasteiger partial charge in [0.25, 0.3) is 0 Å². The molecule has 0 aliphatic carbocycles. The zero-order valence-corrected chi connectivity index (χ0v) is 13.4. The summed E-state index contributed by atoms with van der Waals surface area (Å²) in [6.45, 7) is 1.82. The molecule has 5 nitrogen and oxygen atoms in total. The van der Waals surface area contributed by atoms with Crippen molar-refractivity contribution in [3.63, 3.8) is 0 Å². The number of rotatable bonds is 4. The third kappa shape index (κ3) is 3.15. The van der Waals surface area contributed by atoms with E-state index in [1.807, 2.05) is 42.6 Å². The van der Waals surface area contributed by atoms with Crippen molar-refractivity contribution >= 4 is 33.7 Å². The molecule has 0 aliphatic rings. The van der Waals surface area contributed by atoms with E-state index in [-0.39, 0.29) is 17.3 Å². The molecule has 0 atom stereocenters. The Bertz CT molecular complexity index is 849. The second-order valence-corrected chi connectivity index (χ2v) is 6.36. The van der Waals surface area contributed by atoms with E-state index >= 15 is 0 Å². The molecule has 0 radical (unpaired) electrons. The molecule has 0 saturated carbocycles. The smallest absolute Gasteiger partial charge is 0.300 e. The number of carbonyl (C=O) groups excluding carboxylic acids is 1. The van der Waals surface area contributed by atoms with Gasteiger partial charge in [0.15, 0.2) is 5.13 Å². The van der Waals surface area contributed by atoms with Crippen LogP contribution in [-0.2, 0) is 11.3 Å². The summed E-state index contributed by atoms with van der Waals surface area (Å²) in [6.07, 6.45) is 0. The molecule has 22 heavy (non-hydrogen) atoms. The first-order valence-electron chi connectivity index (χ1n) is 6.59. The average molecular weight is 331 g/mol. The fraction of sp³-hybridized carbons (Fsp3) is 0.133. The molecule has 0 fully saturated rings. The third-order valence-electron chi connectivity index (χ3n) is 3.10. The summed E-state index contributed by atoms with van der Waals surface area (Å²) in [6, 6.07) is 9.76. The van der Waals surface area contributed by atoms with Crippen molar-refractivity contribution in [2.45, 2.75) is 13.5 Å². The Kier molecular flexibility index (Phi) is 4.17. The summed E-state index contributed by atoms with van der Waals surface area (Å²) >= 11 is 2.46. The highest BCUT2D eigenvalue weighted by Gasteiger charge is 2.11. The van der Waals surface area contributed by atoms with Gasteiger partial charge < -0.3 is 5.32 Å². The number of aryl methyl sites for hydroxylation is 1. The largest absolute Gasteiger partial charge is 0.307 e. The second-order valence-electron chi connectivity index (χ2n) is 4.68. The lowest BCUT2D eigenvalue weighted by Crippen LogP contribution is -2.25. The van der Waals surface area contributed by atoms with Crippen LogP contribution in [0.15, 0.2) is 45.9 Å². The molecule has 3 rings (SSSR count). The van der Waals surface area contributed by atoms with Crippen molar-refractivity contribution in [1.29, 1.82) is 0 Å². The summed E-state index contributed by atoms with van der Waals surface area (Å²) in [5.74, 6) is -0.252. The zero-order chi connectivity index (χ0) is 15.5. The minimum Gasteiger partial charge on any atom is -0.300 e. The monoisotopic (exact) mass is 331 g/mol. The van der Waals surface area contributed by atoms with Gasteiger partial charge in [-0.1, -0.05) is 41.7 Å². The average Bonchev–Trinajstić information content (AvgIpc) is 3.10. The molecule has 0 bridgehead atoms. The fourth-order valence-electron chi connectivity index (χ4n) is 1.97. The van der Waals surface area contributed by atoms with Gasteiger partial charge in [-0.2, -0.15) is 0 Å². The van der Waals surface area contributed by atoms with E-state index in [1.165, 1.54) is 15.9 Å². The van der Waals surface area contributed by atoms with Gasteiger partial charge in [-0.25, -0.2) is 4.98 Å². The van der Waals surface area contributed by atoms with E-state index < -0.39 is 0 Å². The van der Waals surface area contributed by atoms with Gasteiger partial charge in [0, 0.05) is 22.0 Å². The van der Waals surface area contributed by atoms with Crippen LogP contribution in [0.1, 0.15) is 5.69 Å². The maximum Gasteiger partial charge on any atom is 0.307 e. The van der Waals surface area contributed by atoms with Gasteiger partial charge in [-0.15, -0.1) is 11.3 Å². The minimum atomic E-state index is -0.252. The minimum absolute atomic E-state index is 0.00835. The fourth-order valence-corrected chi connectivity index (χ4v) is 3.44. The molecular weight excluding hydrogens is 318 g/mol. The van der Waals surface area contributed by atoms with Crippen LogP contribution in [0, 0.1) is 6.92 Å². The predicted molar refractivity (Wildman–Crippen MR) is 89.5 cm³/mol. The number of carbonyl (C=O) groups is 1. The molecule has 112 valence electrons. The van der Waals surface area contributed by atoms with Crippen LogP contribution in [0.4, 0.5) is 5.13 Å². The Balaban J connectivity index is 1.70. The van der Waals surface area contributed by atoms with Crippen molar-refractivity contribution in [2.75, 3.05) is 5.32 Å². The van der Waals surface area contributed by atoms with E-state index in [0.29, 0.717) is 5.13 Å². The summed E-state index contributed by atoms with van der Waals surface area (Å²) in [4.78, 5) is 27.9. The zero-order valence-electron chi connectivity index (χ0n) is 11.8. The van der Waals surface area contributed by atoms with Crippen LogP contribution in [0.2, 0.25) is 0 Å². The number of hydrogen-bond acceptors (Lipinski definition) is 5. The molecule has 1 amide bonds. The lowest BCUT2D eigenvalue weighted by molar-refractivity contribution is -0.116. The lowest BCUT2D eigenvalue weighted by atomic mass is 10.2. The van der Waals surface area contributed by atoms with E-state index in [2.05, 4.69) is 10.3 Å². The van der Waals surface area contributed by atoms with Crippen LogP contribution < -0.4 is 10.2 Å². The van der Waals surface area contributed by atoms with Crippen molar-refractivity contribution < 1.29 is 4.79 Å². The van der Waals surface area contributed by atoms with E-state index in [1.54, 1.807) is 5.38 Å². The van der Waals surface area contributed by atoms with Crippen molar-refractivity contribution in [3.05, 3.63) is 56.5 Å². The number of aromatic nitrogens is 2. The van der Waals surface area contributed by atoms with Crippen LogP contribution in [0.3, 0.4) is 0 Å². The number of anilines is 1. The van der Waals surface area contributed by atoms with Crippen molar-refractivity contribution in [1.82, 2.24) is 9.55 Å². The highest BCUT2D eigenvalue weighted by Crippen LogP contribution is 2.24. The van der Waals surface area contributed by atoms with Crippen molar-refractivity contribution in [3.8, 4) is 11.3 Å². The van der Waals surface area contributed by atoms with Gasteiger partial charge >= 0.3 is 4.87 Å². The first kappa shape index (κ1) is 14.7. The number of hydrogen-bond donors (Lipinski definition) is 1. The first-order valence-corrected chi connectivity index (χ1v) is 8.35. The molecule has 3 aromatic rings. The summed E-state index contributed by atoms with van der Waals surface area (Å²) in [5.41, 5.74) is 2.61. The second kappa shape index (κ2) is 6.25. The Labute approximate surface area is 134 Å². The Morgan fingerprint density at radius 3 is 2.68 bits per heavy atom. The summed E-state index contributed by atoms with van der Waals surface area (Å²) in [5, 5.41) is 6.91. The SMILES string of the molecule is Cc1csc(=O)n1CC(=O)Nc1nc(-c2ccccc2)cs1. The Hall–Kier alpha value is -2.25. The molecule has 7 heteroatoms. The Morgan fingerprint density at radius 1 is 1.23 bits per heavy atom. The highest BCUT2D eigenvalue weighted by atomic mass is 32.1. The van der Waals surface area contributed by atoms with E-state index in [9.17, 15) is 9.59 Å². The summed E-state index contributed by atoms with van der Waals surface area (Å²) < 4.78 is 1.45. The van der Waals surface area contributed by atoms with Gasteiger partial charge in [0.1, 0.15) is 6.54 Å². The molecule has 2 heterocycles. The molecule has 0 saturated heterocycles.